The predicted octanol–water partition coefficient (Wildman–Crippen LogP) is 2.80. The molecule has 0 unspecified atom stereocenters. The van der Waals surface area contributed by atoms with E-state index in [9.17, 15) is 23.2 Å². The zero-order chi connectivity index (χ0) is 21.4. The summed E-state index contributed by atoms with van der Waals surface area (Å²) in [5.41, 5.74) is 0.132. The van der Waals surface area contributed by atoms with E-state index < -0.39 is 29.6 Å². The minimum Gasteiger partial charge on any atom is -0.449 e. The average Bonchev–Trinajstić information content (AvgIpc) is 3.18. The van der Waals surface area contributed by atoms with E-state index in [4.69, 9.17) is 4.74 Å². The van der Waals surface area contributed by atoms with Crippen LogP contribution in [0, 0.1) is 11.6 Å². The minimum atomic E-state index is -1.24. The van der Waals surface area contributed by atoms with Crippen molar-refractivity contribution in [2.24, 2.45) is 0 Å². The molecule has 9 heteroatoms. The molecule has 4 rings (SSSR count). The quantitative estimate of drug-likeness (QED) is 0.665. The topological polar surface area (TPSA) is 90.3 Å². The van der Waals surface area contributed by atoms with Crippen molar-refractivity contribution in [2.45, 2.75) is 32.4 Å². The van der Waals surface area contributed by atoms with Gasteiger partial charge >= 0.3 is 5.97 Å². The second-order valence-electron chi connectivity index (χ2n) is 6.98. The third-order valence-electron chi connectivity index (χ3n) is 4.89. The number of rotatable bonds is 4. The van der Waals surface area contributed by atoms with Crippen LogP contribution in [0.25, 0.3) is 10.9 Å². The van der Waals surface area contributed by atoms with Crippen molar-refractivity contribution in [1.29, 1.82) is 0 Å². The lowest BCUT2D eigenvalue weighted by atomic mass is 10.1. The number of aromatic nitrogens is 2. The zero-order valence-corrected chi connectivity index (χ0v) is 15.9. The molecule has 0 spiro atoms. The summed E-state index contributed by atoms with van der Waals surface area (Å²) in [5.74, 6) is -2.61. The van der Waals surface area contributed by atoms with Crippen LogP contribution < -0.4 is 10.9 Å². The Labute approximate surface area is 169 Å². The van der Waals surface area contributed by atoms with Crippen LogP contribution in [0.15, 0.2) is 41.2 Å². The highest BCUT2D eigenvalue weighted by Gasteiger charge is 2.22. The van der Waals surface area contributed by atoms with Crippen LogP contribution in [0.1, 0.15) is 29.5 Å². The second kappa shape index (κ2) is 7.66. The second-order valence-corrected chi connectivity index (χ2v) is 6.98. The van der Waals surface area contributed by atoms with Gasteiger partial charge in [0.15, 0.2) is 6.10 Å². The Morgan fingerprint density at radius 1 is 1.20 bits per heavy atom. The molecule has 0 saturated heterocycles. The van der Waals surface area contributed by atoms with Crippen LogP contribution in [0.3, 0.4) is 0 Å². The van der Waals surface area contributed by atoms with Crippen LogP contribution in [0.2, 0.25) is 0 Å². The van der Waals surface area contributed by atoms with Crippen molar-refractivity contribution >= 4 is 28.5 Å². The molecule has 0 bridgehead atoms. The molecule has 30 heavy (non-hydrogen) atoms. The van der Waals surface area contributed by atoms with Gasteiger partial charge in [0, 0.05) is 19.0 Å². The number of esters is 1. The number of ether oxygens (including phenoxy) is 1. The van der Waals surface area contributed by atoms with Gasteiger partial charge in [-0.1, -0.05) is 0 Å². The molecular weight excluding hydrogens is 396 g/mol. The molecule has 1 aliphatic rings. The Kier molecular flexibility index (Phi) is 5.03. The molecule has 1 aliphatic heterocycles. The molecule has 1 aromatic heterocycles. The minimum absolute atomic E-state index is 0.130. The summed E-state index contributed by atoms with van der Waals surface area (Å²) in [6.07, 6.45) is 0.294. The van der Waals surface area contributed by atoms with Gasteiger partial charge < -0.3 is 10.1 Å². The van der Waals surface area contributed by atoms with Gasteiger partial charge in [0.05, 0.1) is 22.2 Å². The molecule has 1 N–H and O–H groups in total. The summed E-state index contributed by atoms with van der Waals surface area (Å²) >= 11 is 0. The normalized spacial score (nSPS) is 13.7. The number of carbonyl (C=O) groups is 2. The SMILES string of the molecule is C[C@@H](OC(=O)c1ccc2c(=O)n3c(nc2c1)CCC3)C(=O)Nc1ccc(F)cc1F. The Morgan fingerprint density at radius 3 is 2.77 bits per heavy atom. The van der Waals surface area contributed by atoms with Crippen molar-refractivity contribution in [3.63, 3.8) is 0 Å². The van der Waals surface area contributed by atoms with Crippen LogP contribution in [-0.4, -0.2) is 27.5 Å². The highest BCUT2D eigenvalue weighted by Crippen LogP contribution is 2.18. The molecule has 2 heterocycles. The predicted molar refractivity (Wildman–Crippen MR) is 104 cm³/mol. The Balaban J connectivity index is 1.50. The van der Waals surface area contributed by atoms with Crippen LogP contribution in [0.4, 0.5) is 14.5 Å². The van der Waals surface area contributed by atoms with Crippen LogP contribution in [0.5, 0.6) is 0 Å². The molecule has 154 valence electrons. The number of hydrogen-bond donors (Lipinski definition) is 1. The third kappa shape index (κ3) is 3.66. The summed E-state index contributed by atoms with van der Waals surface area (Å²) < 4.78 is 33.4. The van der Waals surface area contributed by atoms with E-state index >= 15 is 0 Å². The van der Waals surface area contributed by atoms with E-state index in [0.29, 0.717) is 35.8 Å². The van der Waals surface area contributed by atoms with Crippen molar-refractivity contribution in [3.8, 4) is 0 Å². The number of hydrogen-bond acceptors (Lipinski definition) is 5. The lowest BCUT2D eigenvalue weighted by Crippen LogP contribution is -2.30. The molecule has 1 amide bonds. The number of carbonyl (C=O) groups excluding carboxylic acids is 2. The first-order valence-electron chi connectivity index (χ1n) is 9.34. The molecule has 1 atom stereocenters. The number of aryl methyl sites for hydroxylation is 1. The Bertz CT molecular complexity index is 1240. The third-order valence-corrected chi connectivity index (χ3v) is 4.89. The molecule has 3 aromatic rings. The van der Waals surface area contributed by atoms with E-state index in [0.717, 1.165) is 18.6 Å². The standard InChI is InChI=1S/C21H17F2N3O4/c1-11(19(27)25-16-7-5-13(22)10-15(16)23)30-21(29)12-4-6-14-17(9-12)24-18-3-2-8-26(18)20(14)28/h4-7,9-11H,2-3,8H2,1H3,(H,25,27)/t11-/m1/s1. The van der Waals surface area contributed by atoms with E-state index in [1.165, 1.54) is 25.1 Å². The van der Waals surface area contributed by atoms with Gasteiger partial charge in [-0.15, -0.1) is 0 Å². The van der Waals surface area contributed by atoms with Crippen molar-refractivity contribution in [3.05, 3.63) is 69.8 Å². The van der Waals surface area contributed by atoms with Gasteiger partial charge in [-0.3, -0.25) is 14.2 Å². The molecule has 0 fully saturated rings. The molecule has 0 saturated carbocycles. The highest BCUT2D eigenvalue weighted by molar-refractivity contribution is 5.98. The molecule has 0 aliphatic carbocycles. The lowest BCUT2D eigenvalue weighted by molar-refractivity contribution is -0.123. The fraction of sp³-hybridized carbons (Fsp3) is 0.238. The van der Waals surface area contributed by atoms with Gasteiger partial charge in [-0.25, -0.2) is 18.6 Å². The fourth-order valence-corrected chi connectivity index (χ4v) is 3.32. The first-order chi connectivity index (χ1) is 14.3. The number of anilines is 1. The number of nitrogens with zero attached hydrogens (tertiary/aromatic N) is 2. The van der Waals surface area contributed by atoms with Gasteiger partial charge in [0.1, 0.15) is 17.5 Å². The zero-order valence-electron chi connectivity index (χ0n) is 15.9. The van der Waals surface area contributed by atoms with Gasteiger partial charge in [-0.05, 0) is 43.7 Å². The summed E-state index contributed by atoms with van der Waals surface area (Å²) in [7, 11) is 0. The maximum atomic E-state index is 13.7. The molecular formula is C21H17F2N3O4. The Morgan fingerprint density at radius 2 is 2.00 bits per heavy atom. The van der Waals surface area contributed by atoms with E-state index in [1.54, 1.807) is 4.57 Å². The van der Waals surface area contributed by atoms with Gasteiger partial charge in [0.2, 0.25) is 0 Å². The largest absolute Gasteiger partial charge is 0.449 e. The van der Waals surface area contributed by atoms with Gasteiger partial charge in [-0.2, -0.15) is 0 Å². The van der Waals surface area contributed by atoms with E-state index in [-0.39, 0.29) is 16.8 Å². The van der Waals surface area contributed by atoms with Crippen LogP contribution in [-0.2, 0) is 22.5 Å². The summed E-state index contributed by atoms with van der Waals surface area (Å²) in [4.78, 5) is 41.6. The number of nitrogens with one attached hydrogen (secondary N) is 1. The highest BCUT2D eigenvalue weighted by atomic mass is 19.1. The number of amides is 1. The van der Waals surface area contributed by atoms with E-state index in [2.05, 4.69) is 10.3 Å². The maximum Gasteiger partial charge on any atom is 0.338 e. The van der Waals surface area contributed by atoms with Gasteiger partial charge in [0.25, 0.3) is 11.5 Å². The summed E-state index contributed by atoms with van der Waals surface area (Å²) in [6.45, 7) is 1.95. The monoisotopic (exact) mass is 413 g/mol. The number of benzene rings is 2. The van der Waals surface area contributed by atoms with Crippen molar-refractivity contribution in [1.82, 2.24) is 9.55 Å². The van der Waals surface area contributed by atoms with E-state index in [1.807, 2.05) is 0 Å². The maximum absolute atomic E-state index is 13.7. The summed E-state index contributed by atoms with van der Waals surface area (Å²) in [6, 6.07) is 7.08. The average molecular weight is 413 g/mol. The first-order valence-corrected chi connectivity index (χ1v) is 9.34. The lowest BCUT2D eigenvalue weighted by Gasteiger charge is -2.14. The fourth-order valence-electron chi connectivity index (χ4n) is 3.32. The van der Waals surface area contributed by atoms with Crippen molar-refractivity contribution in [2.75, 3.05) is 5.32 Å². The smallest absolute Gasteiger partial charge is 0.338 e. The number of halogens is 2. The van der Waals surface area contributed by atoms with Crippen molar-refractivity contribution < 1.29 is 23.1 Å². The first kappa shape index (κ1) is 19.7. The van der Waals surface area contributed by atoms with Crippen LogP contribution >= 0.6 is 0 Å². The Hall–Kier alpha value is -3.62. The summed E-state index contributed by atoms with van der Waals surface area (Å²) in [5, 5.41) is 2.64. The number of fused-ring (bicyclic) bond motifs is 2. The molecule has 0 radical (unpaired) electrons. The molecule has 2 aromatic carbocycles. The molecule has 7 nitrogen and oxygen atoms in total.